The van der Waals surface area contributed by atoms with E-state index in [4.69, 9.17) is 4.74 Å². The van der Waals surface area contributed by atoms with Gasteiger partial charge >= 0.3 is 130 Å². The third-order valence-electron chi connectivity index (χ3n) is 6.10. The Balaban J connectivity index is 1.83. The van der Waals surface area contributed by atoms with Gasteiger partial charge in [-0.25, -0.2) is 0 Å². The number of fused-ring (bicyclic) bond motifs is 2. The number of hydrogen-bond acceptors (Lipinski definition) is 3. The second-order valence-electron chi connectivity index (χ2n) is 7.03. The topological polar surface area (TPSA) is 46.5 Å². The summed E-state index contributed by atoms with van der Waals surface area (Å²) in [6.07, 6.45) is 2.79. The van der Waals surface area contributed by atoms with Gasteiger partial charge in [-0.15, -0.1) is 0 Å². The van der Waals surface area contributed by atoms with Crippen molar-refractivity contribution in [2.75, 3.05) is 7.11 Å². The molecule has 3 rings (SSSR count). The fourth-order valence-corrected chi connectivity index (χ4v) is 8.16. The molecule has 0 radical (unpaired) electrons. The first-order valence-corrected chi connectivity index (χ1v) is 10.4. The van der Waals surface area contributed by atoms with Crippen LogP contribution in [0.15, 0.2) is 24.3 Å². The molecule has 0 saturated heterocycles. The van der Waals surface area contributed by atoms with Crippen molar-refractivity contribution >= 4 is 18.3 Å². The van der Waals surface area contributed by atoms with Gasteiger partial charge in [-0.1, -0.05) is 0 Å². The van der Waals surface area contributed by atoms with E-state index >= 15 is 0 Å². The Kier molecular flexibility index (Phi) is 3.76. The molecule has 21 heavy (non-hydrogen) atoms. The third-order valence-corrected chi connectivity index (χ3v) is 9.40. The van der Waals surface area contributed by atoms with E-state index in [2.05, 4.69) is 13.8 Å². The molecule has 1 N–H and O–H groups in total. The molecule has 0 heterocycles. The number of ether oxygens (including phenoxy) is 1. The fourth-order valence-electron chi connectivity index (χ4n) is 4.42. The molecule has 0 aliphatic heterocycles. The normalized spacial score (nSPS) is 34.9. The standard InChI is InChI=1S/C17H24O3Se/c1-16(2)12-8-9-17(16,15(18)10-12)11-21(19)14-6-4-13(20-3)5-7-14/h4-7,12,15,18H,8-11H2,1-3H3/t12-,15-,17-,21?/m1/s1. The summed E-state index contributed by atoms with van der Waals surface area (Å²) in [6, 6.07) is 7.56. The molecule has 0 spiro atoms. The Bertz CT molecular complexity index is 552. The van der Waals surface area contributed by atoms with Crippen LogP contribution in [0, 0.1) is 16.7 Å². The van der Waals surface area contributed by atoms with Crippen molar-refractivity contribution in [1.29, 1.82) is 0 Å². The molecule has 2 bridgehead atoms. The molecule has 0 aromatic heterocycles. The summed E-state index contributed by atoms with van der Waals surface area (Å²) < 4.78 is 18.9. The summed E-state index contributed by atoms with van der Waals surface area (Å²) in [5.74, 6) is 1.38. The summed E-state index contributed by atoms with van der Waals surface area (Å²) in [4.78, 5) is 0. The van der Waals surface area contributed by atoms with Crippen LogP contribution in [0.2, 0.25) is 5.32 Å². The maximum absolute atomic E-state index is 12.9. The Labute approximate surface area is 130 Å². The van der Waals surface area contributed by atoms with Gasteiger partial charge in [0, 0.05) is 0 Å². The molecule has 1 aromatic rings. The van der Waals surface area contributed by atoms with Crippen LogP contribution < -0.4 is 9.20 Å². The van der Waals surface area contributed by atoms with Crippen LogP contribution in [-0.2, 0) is 3.83 Å². The maximum atomic E-state index is 12.9. The molecule has 116 valence electrons. The van der Waals surface area contributed by atoms with Crippen LogP contribution in [0.5, 0.6) is 5.75 Å². The summed E-state index contributed by atoms with van der Waals surface area (Å²) >= 11 is -2.14. The van der Waals surface area contributed by atoms with Crippen LogP contribution in [0.4, 0.5) is 0 Å². The molecular formula is C17H24O3Se. The zero-order chi connectivity index (χ0) is 15.3. The first-order chi connectivity index (χ1) is 9.90. The molecule has 1 unspecified atom stereocenters. The van der Waals surface area contributed by atoms with Crippen LogP contribution in [-0.4, -0.2) is 32.2 Å². The van der Waals surface area contributed by atoms with E-state index in [1.165, 1.54) is 6.42 Å². The summed E-state index contributed by atoms with van der Waals surface area (Å²) in [5, 5.41) is 11.2. The first-order valence-electron chi connectivity index (χ1n) is 7.61. The Morgan fingerprint density at radius 2 is 2.00 bits per heavy atom. The van der Waals surface area contributed by atoms with E-state index in [1.807, 2.05) is 24.3 Å². The summed E-state index contributed by atoms with van der Waals surface area (Å²) in [6.45, 7) is 4.52. The molecule has 3 nitrogen and oxygen atoms in total. The van der Waals surface area contributed by atoms with Gasteiger partial charge in [0.05, 0.1) is 0 Å². The van der Waals surface area contributed by atoms with E-state index in [1.54, 1.807) is 7.11 Å². The van der Waals surface area contributed by atoms with Crippen molar-refractivity contribution < 1.29 is 13.7 Å². The number of aliphatic hydroxyl groups is 1. The Morgan fingerprint density at radius 1 is 1.33 bits per heavy atom. The minimum atomic E-state index is -2.14. The summed E-state index contributed by atoms with van der Waals surface area (Å²) in [5.41, 5.74) is -0.0466. The average Bonchev–Trinajstić information content (AvgIpc) is 2.81. The number of benzene rings is 1. The van der Waals surface area contributed by atoms with Crippen LogP contribution >= 0.6 is 0 Å². The van der Waals surface area contributed by atoms with E-state index in [0.29, 0.717) is 11.2 Å². The van der Waals surface area contributed by atoms with Gasteiger partial charge in [0.1, 0.15) is 0 Å². The number of hydrogen-bond donors (Lipinski definition) is 1. The SMILES string of the molecule is COc1ccc([Se](=O)C[C@]23CC[C@H](C[C@H]2O)C3(C)C)cc1. The van der Waals surface area contributed by atoms with Gasteiger partial charge in [-0.3, -0.25) is 0 Å². The van der Waals surface area contributed by atoms with Gasteiger partial charge < -0.3 is 0 Å². The average molecular weight is 355 g/mol. The minimum absolute atomic E-state index is 0.102. The second kappa shape index (κ2) is 5.19. The zero-order valence-corrected chi connectivity index (χ0v) is 14.7. The number of rotatable bonds is 4. The molecule has 0 amide bonds. The van der Waals surface area contributed by atoms with Crippen molar-refractivity contribution in [3.63, 3.8) is 0 Å². The Morgan fingerprint density at radius 3 is 2.48 bits per heavy atom. The molecule has 2 fully saturated rings. The molecule has 4 heteroatoms. The van der Waals surface area contributed by atoms with Gasteiger partial charge in [-0.2, -0.15) is 0 Å². The van der Waals surface area contributed by atoms with Crippen LogP contribution in [0.1, 0.15) is 33.1 Å². The second-order valence-corrected chi connectivity index (χ2v) is 10.1. The molecular weight excluding hydrogens is 331 g/mol. The van der Waals surface area contributed by atoms with E-state index in [0.717, 1.165) is 23.1 Å². The van der Waals surface area contributed by atoms with Gasteiger partial charge in [0.15, 0.2) is 0 Å². The predicted octanol–water partition coefficient (Wildman–Crippen LogP) is 2.51. The Hall–Kier alpha value is -0.701. The molecule has 2 aliphatic rings. The number of methoxy groups -OCH3 is 1. The van der Waals surface area contributed by atoms with Crippen molar-refractivity contribution in [2.24, 2.45) is 16.7 Å². The van der Waals surface area contributed by atoms with Crippen LogP contribution in [0.25, 0.3) is 0 Å². The van der Waals surface area contributed by atoms with Gasteiger partial charge in [0.2, 0.25) is 0 Å². The van der Waals surface area contributed by atoms with E-state index < -0.39 is 13.8 Å². The molecule has 4 atom stereocenters. The quantitative estimate of drug-likeness (QED) is 0.845. The predicted molar refractivity (Wildman–Crippen MR) is 83.4 cm³/mol. The first kappa shape index (κ1) is 15.2. The zero-order valence-electron chi connectivity index (χ0n) is 13.0. The van der Waals surface area contributed by atoms with Crippen molar-refractivity contribution in [3.05, 3.63) is 24.3 Å². The van der Waals surface area contributed by atoms with Gasteiger partial charge in [-0.05, 0) is 0 Å². The number of aliphatic hydroxyl groups excluding tert-OH is 1. The molecule has 1 aromatic carbocycles. The third kappa shape index (κ3) is 2.19. The van der Waals surface area contributed by atoms with Crippen molar-refractivity contribution in [1.82, 2.24) is 0 Å². The van der Waals surface area contributed by atoms with Gasteiger partial charge in [0.25, 0.3) is 0 Å². The monoisotopic (exact) mass is 356 g/mol. The molecule has 2 aliphatic carbocycles. The van der Waals surface area contributed by atoms with Crippen LogP contribution in [0.3, 0.4) is 0 Å². The summed E-state index contributed by atoms with van der Waals surface area (Å²) in [7, 11) is 1.63. The molecule has 2 saturated carbocycles. The van der Waals surface area contributed by atoms with E-state index in [-0.39, 0.29) is 16.9 Å². The fraction of sp³-hybridized carbons (Fsp3) is 0.647. The van der Waals surface area contributed by atoms with E-state index in [9.17, 15) is 8.94 Å². The van der Waals surface area contributed by atoms with Crippen molar-refractivity contribution in [3.8, 4) is 5.75 Å². The van der Waals surface area contributed by atoms with Crippen molar-refractivity contribution in [2.45, 2.75) is 44.5 Å².